The largest absolute Gasteiger partial charge is 0.330 e. The van der Waals surface area contributed by atoms with Crippen molar-refractivity contribution in [2.24, 2.45) is 5.73 Å². The molecule has 0 aliphatic carbocycles. The van der Waals surface area contributed by atoms with E-state index in [0.29, 0.717) is 12.5 Å². The third-order valence-electron chi connectivity index (χ3n) is 1.79. The average molecular weight is 251 g/mol. The second kappa shape index (κ2) is 5.57. The summed E-state index contributed by atoms with van der Waals surface area (Å²) in [5.74, 6) is 0.436. The molecule has 0 fully saturated rings. The maximum absolute atomic E-state index is 5.55. The predicted octanol–water partition coefficient (Wildman–Crippen LogP) is 2.93. The maximum Gasteiger partial charge on any atom is 0.0210 e. The molecular weight excluding hydrogens is 237 g/mol. The lowest BCUT2D eigenvalue weighted by atomic mass is 10.0. The topological polar surface area (TPSA) is 26.0 Å². The molecule has 1 atom stereocenters. The molecule has 68 valence electrons. The van der Waals surface area contributed by atoms with Crippen molar-refractivity contribution >= 4 is 28.3 Å². The normalized spacial score (nSPS) is 11.9. The Labute approximate surface area is 87.9 Å². The Morgan fingerprint density at radius 1 is 1.42 bits per heavy atom. The van der Waals surface area contributed by atoms with Crippen LogP contribution < -0.4 is 5.73 Å². The van der Waals surface area contributed by atoms with Crippen molar-refractivity contribution in [3.63, 3.8) is 0 Å². The number of rotatable bonds is 2. The number of halogens is 2. The first-order valence-electron chi connectivity index (χ1n) is 3.70. The summed E-state index contributed by atoms with van der Waals surface area (Å²) in [5.41, 5.74) is 6.84. The number of hydrogen-bond acceptors (Lipinski definition) is 1. The quantitative estimate of drug-likeness (QED) is 0.858. The third kappa shape index (κ3) is 2.77. The van der Waals surface area contributed by atoms with E-state index >= 15 is 0 Å². The fourth-order valence-corrected chi connectivity index (χ4v) is 1.68. The molecule has 2 N–H and O–H groups in total. The predicted molar refractivity (Wildman–Crippen MR) is 58.9 cm³/mol. The summed E-state index contributed by atoms with van der Waals surface area (Å²) >= 11 is 3.48. The minimum atomic E-state index is 0. The van der Waals surface area contributed by atoms with Gasteiger partial charge in [0, 0.05) is 4.47 Å². The van der Waals surface area contributed by atoms with Crippen LogP contribution in [0.3, 0.4) is 0 Å². The Hall–Kier alpha value is -0.0500. The Kier molecular flexibility index (Phi) is 5.55. The molecule has 1 nitrogen and oxygen atoms in total. The van der Waals surface area contributed by atoms with Crippen LogP contribution in [-0.4, -0.2) is 6.54 Å². The van der Waals surface area contributed by atoms with Crippen molar-refractivity contribution < 1.29 is 0 Å². The Morgan fingerprint density at radius 3 is 2.50 bits per heavy atom. The van der Waals surface area contributed by atoms with E-state index in [-0.39, 0.29) is 12.4 Å². The van der Waals surface area contributed by atoms with E-state index in [0.717, 1.165) is 4.47 Å². The number of hydrogen-bond donors (Lipinski definition) is 1. The summed E-state index contributed by atoms with van der Waals surface area (Å²) < 4.78 is 1.15. The van der Waals surface area contributed by atoms with Crippen LogP contribution in [0.1, 0.15) is 18.4 Å². The van der Waals surface area contributed by atoms with Crippen molar-refractivity contribution in [3.05, 3.63) is 34.3 Å². The zero-order chi connectivity index (χ0) is 8.27. The van der Waals surface area contributed by atoms with Crippen molar-refractivity contribution in [3.8, 4) is 0 Å². The molecule has 0 aromatic heterocycles. The van der Waals surface area contributed by atoms with Gasteiger partial charge < -0.3 is 5.73 Å². The van der Waals surface area contributed by atoms with Gasteiger partial charge in [-0.25, -0.2) is 0 Å². The fraction of sp³-hybridized carbons (Fsp3) is 0.333. The maximum atomic E-state index is 5.55. The van der Waals surface area contributed by atoms with Gasteiger partial charge in [-0.05, 0) is 24.1 Å². The van der Waals surface area contributed by atoms with Crippen molar-refractivity contribution in [1.82, 2.24) is 0 Å². The van der Waals surface area contributed by atoms with Gasteiger partial charge in [-0.1, -0.05) is 41.1 Å². The minimum absolute atomic E-state index is 0. The molecule has 0 spiro atoms. The molecule has 0 aliphatic heterocycles. The van der Waals surface area contributed by atoms with E-state index in [2.05, 4.69) is 28.9 Å². The summed E-state index contributed by atoms with van der Waals surface area (Å²) in [4.78, 5) is 0. The zero-order valence-corrected chi connectivity index (χ0v) is 9.36. The summed E-state index contributed by atoms with van der Waals surface area (Å²) in [6.07, 6.45) is 0. The molecule has 0 heterocycles. The zero-order valence-electron chi connectivity index (χ0n) is 6.96. The van der Waals surface area contributed by atoms with Gasteiger partial charge in [0.1, 0.15) is 0 Å². The Bertz CT molecular complexity index is 240. The van der Waals surface area contributed by atoms with Crippen LogP contribution in [-0.2, 0) is 0 Å². The van der Waals surface area contributed by atoms with Gasteiger partial charge >= 0.3 is 0 Å². The minimum Gasteiger partial charge on any atom is -0.330 e. The van der Waals surface area contributed by atoms with E-state index in [4.69, 9.17) is 5.73 Å². The van der Waals surface area contributed by atoms with Crippen LogP contribution in [0, 0.1) is 0 Å². The van der Waals surface area contributed by atoms with Gasteiger partial charge in [0.15, 0.2) is 0 Å². The first-order valence-corrected chi connectivity index (χ1v) is 4.49. The van der Waals surface area contributed by atoms with Gasteiger partial charge in [-0.2, -0.15) is 0 Å². The molecule has 12 heavy (non-hydrogen) atoms. The van der Waals surface area contributed by atoms with Gasteiger partial charge in [-0.3, -0.25) is 0 Å². The van der Waals surface area contributed by atoms with Crippen LogP contribution >= 0.6 is 28.3 Å². The SMILES string of the molecule is CC(CN)c1ccccc1Br.Cl. The van der Waals surface area contributed by atoms with E-state index in [1.54, 1.807) is 0 Å². The lowest BCUT2D eigenvalue weighted by molar-refractivity contribution is 0.770. The highest BCUT2D eigenvalue weighted by molar-refractivity contribution is 9.10. The summed E-state index contributed by atoms with van der Waals surface area (Å²) in [7, 11) is 0. The average Bonchev–Trinajstić information content (AvgIpc) is 2.04. The molecule has 0 amide bonds. The molecule has 0 aliphatic rings. The van der Waals surface area contributed by atoms with Gasteiger partial charge in [-0.15, -0.1) is 12.4 Å². The van der Waals surface area contributed by atoms with Crippen molar-refractivity contribution in [2.75, 3.05) is 6.54 Å². The fourth-order valence-electron chi connectivity index (χ4n) is 1.00. The van der Waals surface area contributed by atoms with Gasteiger partial charge in [0.05, 0.1) is 0 Å². The van der Waals surface area contributed by atoms with E-state index in [1.807, 2.05) is 18.2 Å². The first-order chi connectivity index (χ1) is 5.25. The number of nitrogens with two attached hydrogens (primary N) is 1. The monoisotopic (exact) mass is 249 g/mol. The third-order valence-corrected chi connectivity index (χ3v) is 2.51. The lowest BCUT2D eigenvalue weighted by Gasteiger charge is -2.09. The summed E-state index contributed by atoms with van der Waals surface area (Å²) in [6, 6.07) is 8.19. The smallest absolute Gasteiger partial charge is 0.0210 e. The summed E-state index contributed by atoms with van der Waals surface area (Å²) in [5, 5.41) is 0. The van der Waals surface area contributed by atoms with E-state index < -0.39 is 0 Å². The Balaban J connectivity index is 0.00000121. The Morgan fingerprint density at radius 2 is 2.00 bits per heavy atom. The van der Waals surface area contributed by atoms with Gasteiger partial charge in [0.2, 0.25) is 0 Å². The second-order valence-corrected chi connectivity index (χ2v) is 3.51. The van der Waals surface area contributed by atoms with Crippen LogP contribution in [0.15, 0.2) is 28.7 Å². The molecule has 1 aromatic carbocycles. The highest BCUT2D eigenvalue weighted by Gasteiger charge is 2.05. The lowest BCUT2D eigenvalue weighted by Crippen LogP contribution is -2.09. The highest BCUT2D eigenvalue weighted by atomic mass is 79.9. The molecule has 0 saturated heterocycles. The molecular formula is C9H13BrClN. The molecule has 0 saturated carbocycles. The van der Waals surface area contributed by atoms with Crippen molar-refractivity contribution in [1.29, 1.82) is 0 Å². The van der Waals surface area contributed by atoms with E-state index in [1.165, 1.54) is 5.56 Å². The van der Waals surface area contributed by atoms with Crippen molar-refractivity contribution in [2.45, 2.75) is 12.8 Å². The highest BCUT2D eigenvalue weighted by Crippen LogP contribution is 2.23. The van der Waals surface area contributed by atoms with Crippen LogP contribution in [0.5, 0.6) is 0 Å². The molecule has 0 bridgehead atoms. The molecule has 3 heteroatoms. The summed E-state index contributed by atoms with van der Waals surface area (Å²) in [6.45, 7) is 2.82. The molecule has 1 aromatic rings. The second-order valence-electron chi connectivity index (χ2n) is 2.66. The number of benzene rings is 1. The van der Waals surface area contributed by atoms with Gasteiger partial charge in [0.25, 0.3) is 0 Å². The van der Waals surface area contributed by atoms with Crippen LogP contribution in [0.4, 0.5) is 0 Å². The van der Waals surface area contributed by atoms with E-state index in [9.17, 15) is 0 Å². The standard InChI is InChI=1S/C9H12BrN.ClH/c1-7(6-11)8-4-2-3-5-9(8)10;/h2-5,7H,6,11H2,1H3;1H. The molecule has 1 rings (SSSR count). The molecule has 1 unspecified atom stereocenters. The van der Waals surface area contributed by atoms with Crippen LogP contribution in [0.25, 0.3) is 0 Å². The molecule has 0 radical (unpaired) electrons. The van der Waals surface area contributed by atoms with Crippen LogP contribution in [0.2, 0.25) is 0 Å². The first kappa shape index (κ1) is 11.9.